The van der Waals surface area contributed by atoms with Crippen molar-refractivity contribution >= 4 is 38.5 Å². The molecule has 0 aliphatic carbocycles. The SMILES string of the molecule is CCc1nc(-c2cc(Br)ccc2OC)[nH]c(=O)c1I. The van der Waals surface area contributed by atoms with Crippen LogP contribution in [-0.4, -0.2) is 17.1 Å². The Morgan fingerprint density at radius 1 is 1.47 bits per heavy atom. The molecule has 0 aliphatic rings. The predicted molar refractivity (Wildman–Crippen MR) is 86.6 cm³/mol. The summed E-state index contributed by atoms with van der Waals surface area (Å²) in [7, 11) is 1.60. The number of hydrogen-bond donors (Lipinski definition) is 1. The lowest BCUT2D eigenvalue weighted by atomic mass is 10.2. The van der Waals surface area contributed by atoms with Crippen LogP contribution in [0.25, 0.3) is 11.4 Å². The van der Waals surface area contributed by atoms with E-state index in [2.05, 4.69) is 25.9 Å². The zero-order valence-electron chi connectivity index (χ0n) is 10.5. The summed E-state index contributed by atoms with van der Waals surface area (Å²) >= 11 is 5.43. The van der Waals surface area contributed by atoms with Crippen molar-refractivity contribution in [1.29, 1.82) is 0 Å². The summed E-state index contributed by atoms with van der Waals surface area (Å²) in [6.45, 7) is 1.98. The molecule has 0 atom stereocenters. The second kappa shape index (κ2) is 6.04. The number of nitrogens with zero attached hydrogens (tertiary/aromatic N) is 1. The standard InChI is InChI=1S/C13H12BrIN2O2/c1-3-9-11(15)13(18)17-12(16-9)8-6-7(14)4-5-10(8)19-2/h4-6H,3H2,1-2H3,(H,16,17,18). The predicted octanol–water partition coefficient (Wildman–Crippen LogP) is 3.38. The van der Waals surface area contributed by atoms with Gasteiger partial charge in [-0.25, -0.2) is 4.98 Å². The maximum absolute atomic E-state index is 11.9. The lowest BCUT2D eigenvalue weighted by Gasteiger charge is -2.10. The molecule has 19 heavy (non-hydrogen) atoms. The maximum Gasteiger partial charge on any atom is 0.264 e. The Balaban J connectivity index is 2.68. The molecule has 4 nitrogen and oxygen atoms in total. The minimum Gasteiger partial charge on any atom is -0.496 e. The van der Waals surface area contributed by atoms with Gasteiger partial charge in [-0.05, 0) is 47.2 Å². The van der Waals surface area contributed by atoms with Crippen molar-refractivity contribution in [2.45, 2.75) is 13.3 Å². The highest BCUT2D eigenvalue weighted by Gasteiger charge is 2.13. The van der Waals surface area contributed by atoms with Gasteiger partial charge >= 0.3 is 0 Å². The number of H-pyrrole nitrogens is 1. The first kappa shape index (κ1) is 14.5. The number of aryl methyl sites for hydroxylation is 1. The van der Waals surface area contributed by atoms with Crippen LogP contribution in [0.1, 0.15) is 12.6 Å². The normalized spacial score (nSPS) is 10.5. The summed E-state index contributed by atoms with van der Waals surface area (Å²) in [5.41, 5.74) is 1.44. The van der Waals surface area contributed by atoms with Gasteiger partial charge in [-0.2, -0.15) is 0 Å². The van der Waals surface area contributed by atoms with E-state index in [-0.39, 0.29) is 5.56 Å². The summed E-state index contributed by atoms with van der Waals surface area (Å²) in [6.07, 6.45) is 0.714. The number of aromatic amines is 1. The Morgan fingerprint density at radius 2 is 2.21 bits per heavy atom. The van der Waals surface area contributed by atoms with E-state index < -0.39 is 0 Å². The molecule has 0 saturated carbocycles. The smallest absolute Gasteiger partial charge is 0.264 e. The van der Waals surface area contributed by atoms with Crippen LogP contribution in [0.5, 0.6) is 5.75 Å². The molecule has 0 bridgehead atoms. The number of benzene rings is 1. The first-order valence-corrected chi connectivity index (χ1v) is 7.56. The molecular formula is C13H12BrIN2O2. The number of halogens is 2. The average molecular weight is 435 g/mol. The van der Waals surface area contributed by atoms with Crippen LogP contribution in [0.15, 0.2) is 27.5 Å². The molecule has 0 aliphatic heterocycles. The van der Waals surface area contributed by atoms with E-state index in [4.69, 9.17) is 4.74 Å². The second-order valence-electron chi connectivity index (χ2n) is 3.87. The fourth-order valence-electron chi connectivity index (χ4n) is 1.73. The number of methoxy groups -OCH3 is 1. The largest absolute Gasteiger partial charge is 0.496 e. The second-order valence-corrected chi connectivity index (χ2v) is 5.87. The Morgan fingerprint density at radius 3 is 2.84 bits per heavy atom. The van der Waals surface area contributed by atoms with Crippen molar-refractivity contribution in [3.05, 3.63) is 42.3 Å². The molecule has 1 aromatic heterocycles. The van der Waals surface area contributed by atoms with Gasteiger partial charge in [-0.15, -0.1) is 0 Å². The minimum atomic E-state index is -0.121. The van der Waals surface area contributed by atoms with Gasteiger partial charge in [0, 0.05) is 4.47 Å². The van der Waals surface area contributed by atoms with E-state index in [1.54, 1.807) is 7.11 Å². The molecule has 0 saturated heterocycles. The monoisotopic (exact) mass is 434 g/mol. The van der Waals surface area contributed by atoms with E-state index in [0.717, 1.165) is 15.7 Å². The lowest BCUT2D eigenvalue weighted by molar-refractivity contribution is 0.416. The fraction of sp³-hybridized carbons (Fsp3) is 0.231. The molecule has 1 N–H and O–H groups in total. The van der Waals surface area contributed by atoms with Crippen LogP contribution >= 0.6 is 38.5 Å². The highest BCUT2D eigenvalue weighted by molar-refractivity contribution is 14.1. The van der Waals surface area contributed by atoms with Crippen LogP contribution in [0.4, 0.5) is 0 Å². The van der Waals surface area contributed by atoms with Gasteiger partial charge < -0.3 is 9.72 Å². The molecule has 0 spiro atoms. The Bertz CT molecular complexity index is 670. The molecular weight excluding hydrogens is 423 g/mol. The van der Waals surface area contributed by atoms with Gasteiger partial charge in [0.25, 0.3) is 5.56 Å². The van der Waals surface area contributed by atoms with Crippen molar-refractivity contribution in [1.82, 2.24) is 9.97 Å². The molecule has 100 valence electrons. The summed E-state index contributed by atoms with van der Waals surface area (Å²) in [4.78, 5) is 19.2. The molecule has 0 unspecified atom stereocenters. The highest BCUT2D eigenvalue weighted by Crippen LogP contribution is 2.30. The van der Waals surface area contributed by atoms with E-state index >= 15 is 0 Å². The summed E-state index contributed by atoms with van der Waals surface area (Å²) < 4.78 is 6.86. The first-order valence-electron chi connectivity index (χ1n) is 5.69. The molecule has 0 radical (unpaired) electrons. The van der Waals surface area contributed by atoms with Crippen molar-refractivity contribution in [2.75, 3.05) is 7.11 Å². The van der Waals surface area contributed by atoms with Crippen LogP contribution in [-0.2, 0) is 6.42 Å². The Kier molecular flexibility index (Phi) is 4.62. The van der Waals surface area contributed by atoms with Gasteiger partial charge in [0.1, 0.15) is 11.6 Å². The first-order chi connectivity index (χ1) is 9.06. The summed E-state index contributed by atoms with van der Waals surface area (Å²) in [5, 5.41) is 0. The number of ether oxygens (including phenoxy) is 1. The van der Waals surface area contributed by atoms with Gasteiger partial charge in [0.05, 0.1) is 21.9 Å². The van der Waals surface area contributed by atoms with Crippen LogP contribution in [0.3, 0.4) is 0 Å². The van der Waals surface area contributed by atoms with Crippen molar-refractivity contribution in [3.8, 4) is 17.1 Å². The van der Waals surface area contributed by atoms with E-state index in [9.17, 15) is 4.79 Å². The van der Waals surface area contributed by atoms with Crippen molar-refractivity contribution in [3.63, 3.8) is 0 Å². The quantitative estimate of drug-likeness (QED) is 0.753. The van der Waals surface area contributed by atoms with E-state index in [1.165, 1.54) is 0 Å². The fourth-order valence-corrected chi connectivity index (χ4v) is 2.73. The average Bonchev–Trinajstić information content (AvgIpc) is 2.41. The molecule has 6 heteroatoms. The van der Waals surface area contributed by atoms with Gasteiger partial charge in [-0.1, -0.05) is 22.9 Å². The molecule has 1 heterocycles. The molecule has 0 fully saturated rings. The number of nitrogens with one attached hydrogen (secondary N) is 1. The minimum absolute atomic E-state index is 0.121. The number of rotatable bonds is 3. The zero-order valence-corrected chi connectivity index (χ0v) is 14.2. The Hall–Kier alpha value is -0.890. The zero-order chi connectivity index (χ0) is 14.0. The molecule has 0 amide bonds. The maximum atomic E-state index is 11.9. The van der Waals surface area contributed by atoms with Crippen molar-refractivity contribution in [2.24, 2.45) is 0 Å². The van der Waals surface area contributed by atoms with Crippen LogP contribution in [0.2, 0.25) is 0 Å². The third-order valence-electron chi connectivity index (χ3n) is 2.68. The summed E-state index contributed by atoms with van der Waals surface area (Å²) in [6, 6.07) is 5.60. The van der Waals surface area contributed by atoms with E-state index in [1.807, 2.05) is 47.7 Å². The van der Waals surface area contributed by atoms with E-state index in [0.29, 0.717) is 21.6 Å². The summed E-state index contributed by atoms with van der Waals surface area (Å²) in [5.74, 6) is 1.20. The van der Waals surface area contributed by atoms with Gasteiger partial charge in [-0.3, -0.25) is 4.79 Å². The third-order valence-corrected chi connectivity index (χ3v) is 4.29. The van der Waals surface area contributed by atoms with Crippen LogP contribution < -0.4 is 10.3 Å². The van der Waals surface area contributed by atoms with Crippen molar-refractivity contribution < 1.29 is 4.74 Å². The topological polar surface area (TPSA) is 55.0 Å². The highest BCUT2D eigenvalue weighted by atomic mass is 127. The van der Waals surface area contributed by atoms with Gasteiger partial charge in [0.2, 0.25) is 0 Å². The molecule has 1 aromatic carbocycles. The number of aromatic nitrogens is 2. The van der Waals surface area contributed by atoms with Crippen LogP contribution in [0, 0.1) is 3.57 Å². The molecule has 2 rings (SSSR count). The Labute approximate surface area is 132 Å². The molecule has 2 aromatic rings. The number of hydrogen-bond acceptors (Lipinski definition) is 3. The lowest BCUT2D eigenvalue weighted by Crippen LogP contribution is -2.16. The third kappa shape index (κ3) is 3.00. The van der Waals surface area contributed by atoms with Gasteiger partial charge in [0.15, 0.2) is 0 Å².